The summed E-state index contributed by atoms with van der Waals surface area (Å²) in [6, 6.07) is 8.31. The van der Waals surface area contributed by atoms with E-state index in [0.717, 1.165) is 21.0 Å². The van der Waals surface area contributed by atoms with Crippen molar-refractivity contribution < 1.29 is 4.39 Å². The van der Waals surface area contributed by atoms with Gasteiger partial charge in [-0.1, -0.05) is 11.8 Å². The third-order valence-electron chi connectivity index (χ3n) is 2.48. The Kier molecular flexibility index (Phi) is 3.76. The van der Waals surface area contributed by atoms with Gasteiger partial charge in [0.25, 0.3) is 0 Å². The van der Waals surface area contributed by atoms with Gasteiger partial charge in [0.15, 0.2) is 0 Å². The number of benzene rings is 1. The summed E-state index contributed by atoms with van der Waals surface area (Å²) >= 11 is 1.50. The number of hydrogen-bond donors (Lipinski definition) is 1. The van der Waals surface area contributed by atoms with Gasteiger partial charge in [0.1, 0.15) is 10.8 Å². The molecule has 0 aliphatic heterocycles. The first-order valence-corrected chi connectivity index (χ1v) is 6.10. The summed E-state index contributed by atoms with van der Waals surface area (Å²) in [7, 11) is 0. The summed E-state index contributed by atoms with van der Waals surface area (Å²) in [5, 5.41) is 0.888. The maximum absolute atomic E-state index is 12.8. The molecule has 0 amide bonds. The topological polar surface area (TPSA) is 38.9 Å². The summed E-state index contributed by atoms with van der Waals surface area (Å²) in [6.45, 7) is 2.47. The van der Waals surface area contributed by atoms with Crippen molar-refractivity contribution in [3.05, 3.63) is 53.5 Å². The van der Waals surface area contributed by atoms with Crippen molar-refractivity contribution in [1.29, 1.82) is 0 Å². The largest absolute Gasteiger partial charge is 0.326 e. The van der Waals surface area contributed by atoms with E-state index in [4.69, 9.17) is 5.73 Å². The highest BCUT2D eigenvalue weighted by Gasteiger charge is 2.07. The smallest absolute Gasteiger partial charge is 0.123 e. The van der Waals surface area contributed by atoms with Crippen molar-refractivity contribution in [1.82, 2.24) is 4.98 Å². The predicted molar refractivity (Wildman–Crippen MR) is 67.4 cm³/mol. The molecule has 88 valence electrons. The molecule has 1 heterocycles. The second-order valence-electron chi connectivity index (χ2n) is 3.67. The number of hydrogen-bond acceptors (Lipinski definition) is 3. The fraction of sp³-hybridized carbons (Fsp3) is 0.154. The Bertz CT molecular complexity index is 511. The van der Waals surface area contributed by atoms with Crippen LogP contribution in [0.2, 0.25) is 0 Å². The van der Waals surface area contributed by atoms with Crippen LogP contribution in [0.15, 0.2) is 46.5 Å². The van der Waals surface area contributed by atoms with Crippen molar-refractivity contribution in [2.24, 2.45) is 5.73 Å². The molecule has 0 saturated carbocycles. The molecule has 0 aliphatic rings. The molecule has 0 radical (unpaired) electrons. The maximum Gasteiger partial charge on any atom is 0.123 e. The average molecular weight is 248 g/mol. The van der Waals surface area contributed by atoms with Gasteiger partial charge in [-0.2, -0.15) is 0 Å². The molecule has 0 unspecified atom stereocenters. The van der Waals surface area contributed by atoms with Crippen molar-refractivity contribution in [2.75, 3.05) is 0 Å². The monoisotopic (exact) mass is 248 g/mol. The number of halogens is 1. The van der Waals surface area contributed by atoms with Crippen LogP contribution in [0.25, 0.3) is 0 Å². The summed E-state index contributed by atoms with van der Waals surface area (Å²) in [6.07, 6.45) is 1.76. The summed E-state index contributed by atoms with van der Waals surface area (Å²) < 4.78 is 12.8. The zero-order valence-electron chi connectivity index (χ0n) is 9.48. The minimum absolute atomic E-state index is 0.231. The van der Waals surface area contributed by atoms with Crippen LogP contribution in [0.3, 0.4) is 0 Å². The molecule has 2 rings (SSSR count). The fourth-order valence-corrected chi connectivity index (χ4v) is 2.49. The van der Waals surface area contributed by atoms with Crippen LogP contribution in [-0.2, 0) is 6.54 Å². The molecule has 1 aromatic heterocycles. The molecular formula is C13H13FN2S. The van der Waals surface area contributed by atoms with Crippen LogP contribution in [-0.4, -0.2) is 4.98 Å². The van der Waals surface area contributed by atoms with Gasteiger partial charge in [0.05, 0.1) is 0 Å². The number of pyridine rings is 1. The minimum atomic E-state index is -0.231. The zero-order valence-corrected chi connectivity index (χ0v) is 10.3. The van der Waals surface area contributed by atoms with Crippen LogP contribution in [0.1, 0.15) is 11.1 Å². The molecule has 17 heavy (non-hydrogen) atoms. The van der Waals surface area contributed by atoms with Gasteiger partial charge in [-0.15, -0.1) is 0 Å². The van der Waals surface area contributed by atoms with Crippen LogP contribution in [0.5, 0.6) is 0 Å². The quantitative estimate of drug-likeness (QED) is 0.907. The van der Waals surface area contributed by atoms with Gasteiger partial charge in [-0.05, 0) is 42.8 Å². The molecule has 2 aromatic rings. The Hall–Kier alpha value is -1.39. The van der Waals surface area contributed by atoms with Gasteiger partial charge < -0.3 is 5.73 Å². The third-order valence-corrected chi connectivity index (χ3v) is 3.54. The van der Waals surface area contributed by atoms with E-state index in [0.29, 0.717) is 6.54 Å². The molecule has 1 aromatic carbocycles. The van der Waals surface area contributed by atoms with E-state index in [-0.39, 0.29) is 5.82 Å². The van der Waals surface area contributed by atoms with E-state index in [9.17, 15) is 4.39 Å². The second-order valence-corrected chi connectivity index (χ2v) is 4.73. The van der Waals surface area contributed by atoms with Crippen LogP contribution >= 0.6 is 11.8 Å². The van der Waals surface area contributed by atoms with E-state index < -0.39 is 0 Å². The lowest BCUT2D eigenvalue weighted by Crippen LogP contribution is -2.02. The standard InChI is InChI=1S/C13H13FN2S/c1-9-6-7-16-13(12(9)8-15)17-11-4-2-10(14)3-5-11/h2-7H,8,15H2,1H3. The Morgan fingerprint density at radius 2 is 1.94 bits per heavy atom. The van der Waals surface area contributed by atoms with E-state index in [1.54, 1.807) is 18.3 Å². The molecule has 0 aliphatic carbocycles. The van der Waals surface area contributed by atoms with E-state index in [1.807, 2.05) is 13.0 Å². The highest BCUT2D eigenvalue weighted by molar-refractivity contribution is 7.99. The van der Waals surface area contributed by atoms with Crippen molar-refractivity contribution in [2.45, 2.75) is 23.4 Å². The average Bonchev–Trinajstić information content (AvgIpc) is 2.32. The molecule has 4 heteroatoms. The third kappa shape index (κ3) is 2.84. The fourth-order valence-electron chi connectivity index (χ4n) is 1.51. The molecule has 0 fully saturated rings. The number of nitrogens with two attached hydrogens (primary N) is 1. The normalized spacial score (nSPS) is 10.5. The van der Waals surface area contributed by atoms with Gasteiger partial charge in [0, 0.05) is 23.2 Å². The van der Waals surface area contributed by atoms with Crippen LogP contribution in [0, 0.1) is 12.7 Å². The van der Waals surface area contributed by atoms with Gasteiger partial charge in [0.2, 0.25) is 0 Å². The summed E-state index contributed by atoms with van der Waals surface area (Å²) in [5.41, 5.74) is 7.89. The maximum atomic E-state index is 12.8. The first-order valence-electron chi connectivity index (χ1n) is 5.28. The van der Waals surface area contributed by atoms with E-state index in [2.05, 4.69) is 4.98 Å². The number of aromatic nitrogens is 1. The Balaban J connectivity index is 2.29. The lowest BCUT2D eigenvalue weighted by molar-refractivity contribution is 0.626. The molecule has 2 N–H and O–H groups in total. The SMILES string of the molecule is Cc1ccnc(Sc2ccc(F)cc2)c1CN. The molecule has 0 spiro atoms. The Morgan fingerprint density at radius 3 is 2.59 bits per heavy atom. The summed E-state index contributed by atoms with van der Waals surface area (Å²) in [5.74, 6) is -0.231. The number of nitrogens with zero attached hydrogens (tertiary/aromatic N) is 1. The lowest BCUT2D eigenvalue weighted by Gasteiger charge is -2.08. The second kappa shape index (κ2) is 5.29. The van der Waals surface area contributed by atoms with Crippen molar-refractivity contribution >= 4 is 11.8 Å². The zero-order chi connectivity index (χ0) is 12.3. The number of aryl methyl sites for hydroxylation is 1. The molecule has 0 saturated heterocycles. The van der Waals surface area contributed by atoms with Crippen LogP contribution in [0.4, 0.5) is 4.39 Å². The van der Waals surface area contributed by atoms with E-state index in [1.165, 1.54) is 23.9 Å². The van der Waals surface area contributed by atoms with Gasteiger partial charge >= 0.3 is 0 Å². The van der Waals surface area contributed by atoms with Gasteiger partial charge in [-0.3, -0.25) is 0 Å². The lowest BCUT2D eigenvalue weighted by atomic mass is 10.2. The summed E-state index contributed by atoms with van der Waals surface area (Å²) in [4.78, 5) is 5.27. The van der Waals surface area contributed by atoms with Crippen molar-refractivity contribution in [3.63, 3.8) is 0 Å². The molecule has 2 nitrogen and oxygen atoms in total. The first kappa shape index (κ1) is 12.1. The Morgan fingerprint density at radius 1 is 1.24 bits per heavy atom. The first-order chi connectivity index (χ1) is 8.20. The number of rotatable bonds is 3. The Labute approximate surface area is 104 Å². The highest BCUT2D eigenvalue weighted by atomic mass is 32.2. The minimum Gasteiger partial charge on any atom is -0.326 e. The van der Waals surface area contributed by atoms with E-state index >= 15 is 0 Å². The molecule has 0 atom stereocenters. The molecular weight excluding hydrogens is 235 g/mol. The highest BCUT2D eigenvalue weighted by Crippen LogP contribution is 2.29. The van der Waals surface area contributed by atoms with Crippen LogP contribution < -0.4 is 5.73 Å². The van der Waals surface area contributed by atoms with Crippen molar-refractivity contribution in [3.8, 4) is 0 Å². The predicted octanol–water partition coefficient (Wildman–Crippen LogP) is 3.14. The van der Waals surface area contributed by atoms with Gasteiger partial charge in [-0.25, -0.2) is 9.37 Å². The molecule has 0 bridgehead atoms.